The average Bonchev–Trinajstić information content (AvgIpc) is 3.40. The van der Waals surface area contributed by atoms with Gasteiger partial charge in [-0.3, -0.25) is 0 Å². The van der Waals surface area contributed by atoms with Crippen molar-refractivity contribution >= 4 is 22.5 Å². The summed E-state index contributed by atoms with van der Waals surface area (Å²) in [5, 5.41) is 8.14. The van der Waals surface area contributed by atoms with Gasteiger partial charge < -0.3 is 19.4 Å². The molecule has 0 atom stereocenters. The summed E-state index contributed by atoms with van der Waals surface area (Å²) in [4.78, 5) is 9.02. The Labute approximate surface area is 204 Å². The Morgan fingerprint density at radius 2 is 1.94 bits per heavy atom. The zero-order chi connectivity index (χ0) is 24.5. The molecule has 1 aliphatic carbocycles. The summed E-state index contributed by atoms with van der Waals surface area (Å²) in [7, 11) is 1.69. The van der Waals surface area contributed by atoms with Crippen LogP contribution in [0.3, 0.4) is 0 Å². The van der Waals surface area contributed by atoms with Crippen molar-refractivity contribution < 1.29 is 13.9 Å². The second kappa shape index (κ2) is 9.91. The number of ether oxygens (including phenoxy) is 2. The van der Waals surface area contributed by atoms with Crippen LogP contribution in [0.1, 0.15) is 51.4 Å². The lowest BCUT2D eigenvalue weighted by Crippen LogP contribution is -2.31. The van der Waals surface area contributed by atoms with Crippen LogP contribution in [0.5, 0.6) is 0 Å². The molecule has 1 saturated carbocycles. The maximum atomic E-state index is 15.0. The van der Waals surface area contributed by atoms with E-state index in [1.807, 2.05) is 25.3 Å². The van der Waals surface area contributed by atoms with Crippen molar-refractivity contribution in [3.63, 3.8) is 0 Å². The number of aryl methyl sites for hydroxylation is 1. The molecule has 0 spiro atoms. The van der Waals surface area contributed by atoms with Crippen LogP contribution in [0.4, 0.5) is 10.3 Å². The van der Waals surface area contributed by atoms with Crippen molar-refractivity contribution in [2.24, 2.45) is 0 Å². The van der Waals surface area contributed by atoms with Gasteiger partial charge in [0.05, 0.1) is 36.5 Å². The van der Waals surface area contributed by atoms with Crippen LogP contribution >= 0.6 is 0 Å². The van der Waals surface area contributed by atoms with Crippen LogP contribution in [0.2, 0.25) is 0 Å². The van der Waals surface area contributed by atoms with E-state index < -0.39 is 0 Å². The molecule has 186 valence electrons. The normalized spacial score (nSPS) is 18.7. The first-order chi connectivity index (χ1) is 16.9. The highest BCUT2D eigenvalue weighted by Crippen LogP contribution is 2.32. The lowest BCUT2D eigenvalue weighted by molar-refractivity contribution is -0.00158. The number of fused-ring (bicyclic) bond motifs is 2. The summed E-state index contributed by atoms with van der Waals surface area (Å²) in [6.45, 7) is 7.35. The van der Waals surface area contributed by atoms with Crippen molar-refractivity contribution in [2.75, 3.05) is 25.6 Å². The van der Waals surface area contributed by atoms with Gasteiger partial charge in [0, 0.05) is 31.0 Å². The first kappa shape index (κ1) is 23.7. The van der Waals surface area contributed by atoms with Crippen LogP contribution < -0.4 is 5.32 Å². The molecule has 0 aliphatic heterocycles. The van der Waals surface area contributed by atoms with Gasteiger partial charge in [0.15, 0.2) is 5.82 Å². The minimum atomic E-state index is -0.319. The van der Waals surface area contributed by atoms with Gasteiger partial charge in [-0.05, 0) is 70.2 Å². The van der Waals surface area contributed by atoms with Gasteiger partial charge in [-0.1, -0.05) is 0 Å². The number of aromatic nitrogens is 5. The van der Waals surface area contributed by atoms with Gasteiger partial charge >= 0.3 is 0 Å². The van der Waals surface area contributed by atoms with Crippen molar-refractivity contribution in [1.82, 2.24) is 24.1 Å². The number of nitrogens with one attached hydrogen (secondary N) is 1. The lowest BCUT2D eigenvalue weighted by Gasteiger charge is -2.29. The molecule has 3 aromatic heterocycles. The number of imidazole rings is 1. The van der Waals surface area contributed by atoms with Gasteiger partial charge in [0.2, 0.25) is 5.95 Å². The first-order valence-corrected chi connectivity index (χ1v) is 12.3. The molecule has 5 rings (SSSR count). The Morgan fingerprint density at radius 1 is 1.14 bits per heavy atom. The third-order valence-corrected chi connectivity index (χ3v) is 6.82. The number of halogens is 1. The number of rotatable bonds is 8. The molecule has 4 aromatic rings. The molecule has 35 heavy (non-hydrogen) atoms. The number of anilines is 1. The topological polar surface area (TPSA) is 78.5 Å². The van der Waals surface area contributed by atoms with E-state index in [1.165, 1.54) is 0 Å². The van der Waals surface area contributed by atoms with E-state index in [0.29, 0.717) is 36.8 Å². The number of hydrogen-bond donors (Lipinski definition) is 1. The summed E-state index contributed by atoms with van der Waals surface area (Å²) in [6.07, 6.45) is 8.04. The Kier molecular flexibility index (Phi) is 6.71. The van der Waals surface area contributed by atoms with Crippen LogP contribution in [-0.4, -0.2) is 56.6 Å². The Balaban J connectivity index is 1.34. The SMILES string of the molecule is COCCO[C@H]1CC[C@@H](Nc2ncc3c(-c4cc(F)c5nc(C)n(C(C)C)c5c4)ccn3n2)CC1. The molecule has 0 saturated heterocycles. The van der Waals surface area contributed by atoms with Crippen molar-refractivity contribution in [3.8, 4) is 11.1 Å². The van der Waals surface area contributed by atoms with Gasteiger partial charge in [-0.15, -0.1) is 5.10 Å². The lowest BCUT2D eigenvalue weighted by atomic mass is 9.93. The molecule has 1 aromatic carbocycles. The molecule has 8 nitrogen and oxygen atoms in total. The quantitative estimate of drug-likeness (QED) is 0.351. The molecule has 1 N–H and O–H groups in total. The summed E-state index contributed by atoms with van der Waals surface area (Å²) < 4.78 is 29.8. The number of hydrogen-bond acceptors (Lipinski definition) is 6. The van der Waals surface area contributed by atoms with Crippen molar-refractivity contribution in [1.29, 1.82) is 0 Å². The largest absolute Gasteiger partial charge is 0.382 e. The van der Waals surface area contributed by atoms with E-state index in [-0.39, 0.29) is 11.9 Å². The second-order valence-corrected chi connectivity index (χ2v) is 9.57. The average molecular weight is 481 g/mol. The van der Waals surface area contributed by atoms with Crippen LogP contribution in [0.25, 0.3) is 27.7 Å². The van der Waals surface area contributed by atoms with E-state index in [0.717, 1.165) is 53.7 Å². The van der Waals surface area contributed by atoms with E-state index in [2.05, 4.69) is 38.8 Å². The fourth-order valence-corrected chi connectivity index (χ4v) is 5.14. The minimum absolute atomic E-state index is 0.185. The van der Waals surface area contributed by atoms with Crippen molar-refractivity contribution in [3.05, 3.63) is 42.2 Å². The number of benzene rings is 1. The number of nitrogens with zero attached hydrogens (tertiary/aromatic N) is 5. The van der Waals surface area contributed by atoms with E-state index >= 15 is 0 Å². The summed E-state index contributed by atoms with van der Waals surface area (Å²) in [5.74, 6) is 1.08. The molecule has 0 unspecified atom stereocenters. The highest BCUT2D eigenvalue weighted by Gasteiger charge is 2.22. The Bertz CT molecular complexity index is 1320. The molecule has 0 radical (unpaired) electrons. The van der Waals surface area contributed by atoms with E-state index in [4.69, 9.17) is 9.47 Å². The number of methoxy groups -OCH3 is 1. The minimum Gasteiger partial charge on any atom is -0.382 e. The van der Waals surface area contributed by atoms with E-state index in [1.54, 1.807) is 23.9 Å². The molecular weight excluding hydrogens is 447 g/mol. The summed E-state index contributed by atoms with van der Waals surface area (Å²) in [5.41, 5.74) is 3.71. The molecular formula is C26H33FN6O2. The molecule has 9 heteroatoms. The molecule has 0 bridgehead atoms. The predicted molar refractivity (Wildman–Crippen MR) is 134 cm³/mol. The first-order valence-electron chi connectivity index (χ1n) is 12.3. The second-order valence-electron chi connectivity index (χ2n) is 9.57. The maximum Gasteiger partial charge on any atom is 0.241 e. The molecule has 0 amide bonds. The summed E-state index contributed by atoms with van der Waals surface area (Å²) in [6, 6.07) is 6.02. The van der Waals surface area contributed by atoms with Gasteiger partial charge in [-0.2, -0.15) is 0 Å². The van der Waals surface area contributed by atoms with Crippen LogP contribution in [-0.2, 0) is 9.47 Å². The van der Waals surface area contributed by atoms with Gasteiger partial charge in [0.25, 0.3) is 0 Å². The molecule has 1 fully saturated rings. The fraction of sp³-hybridized carbons (Fsp3) is 0.500. The predicted octanol–water partition coefficient (Wildman–Crippen LogP) is 5.16. The van der Waals surface area contributed by atoms with Crippen LogP contribution in [0.15, 0.2) is 30.6 Å². The van der Waals surface area contributed by atoms with Gasteiger partial charge in [0.1, 0.15) is 11.3 Å². The van der Waals surface area contributed by atoms with E-state index in [9.17, 15) is 4.39 Å². The Hall–Kier alpha value is -3.04. The van der Waals surface area contributed by atoms with Crippen LogP contribution in [0, 0.1) is 12.7 Å². The highest BCUT2D eigenvalue weighted by molar-refractivity contribution is 5.88. The molecule has 1 aliphatic rings. The van der Waals surface area contributed by atoms with Crippen molar-refractivity contribution in [2.45, 2.75) is 64.6 Å². The third kappa shape index (κ3) is 4.75. The monoisotopic (exact) mass is 480 g/mol. The fourth-order valence-electron chi connectivity index (χ4n) is 5.14. The Morgan fingerprint density at radius 3 is 2.69 bits per heavy atom. The molecule has 3 heterocycles. The smallest absolute Gasteiger partial charge is 0.241 e. The third-order valence-electron chi connectivity index (χ3n) is 6.82. The zero-order valence-corrected chi connectivity index (χ0v) is 20.8. The van der Waals surface area contributed by atoms with Gasteiger partial charge in [-0.25, -0.2) is 18.9 Å². The zero-order valence-electron chi connectivity index (χ0n) is 20.8. The summed E-state index contributed by atoms with van der Waals surface area (Å²) >= 11 is 0. The standard InChI is InChI=1S/C26H33FN6O2/c1-16(2)33-17(3)29-25-22(27)13-18(14-23(25)33)21-9-10-32-24(21)15-28-26(31-32)30-19-5-7-20(8-6-19)35-12-11-34-4/h9-10,13-16,19-20H,5-8,11-12H2,1-4H3,(H,30,31)/t19-,20+. The maximum absolute atomic E-state index is 15.0. The highest BCUT2D eigenvalue weighted by atomic mass is 19.1.